The van der Waals surface area contributed by atoms with Crippen molar-refractivity contribution in [3.63, 3.8) is 0 Å². The molecule has 5 nitrogen and oxygen atoms in total. The number of nitrogens with two attached hydrogens (primary N) is 1. The summed E-state index contributed by atoms with van der Waals surface area (Å²) in [6.45, 7) is 3.88. The zero-order valence-electron chi connectivity index (χ0n) is 10.7. The Kier molecular flexibility index (Phi) is 4.59. The van der Waals surface area contributed by atoms with Crippen molar-refractivity contribution in [3.8, 4) is 0 Å². The SMILES string of the molecule is CN(CC(C)(C)O)c1cc(Br)ccc1/C(N)=N/O. The summed E-state index contributed by atoms with van der Waals surface area (Å²) in [4.78, 5) is 1.86. The second-order valence-electron chi connectivity index (χ2n) is 4.82. The summed E-state index contributed by atoms with van der Waals surface area (Å²) in [5.74, 6) is 0.0418. The Morgan fingerprint density at radius 3 is 2.61 bits per heavy atom. The molecule has 100 valence electrons. The molecular formula is C12H18BrN3O2. The number of likely N-dealkylation sites (N-methyl/N-ethyl adjacent to an activating group) is 1. The number of halogens is 1. The first-order valence-electron chi connectivity index (χ1n) is 5.45. The van der Waals surface area contributed by atoms with Crippen LogP contribution in [0.2, 0.25) is 0 Å². The van der Waals surface area contributed by atoms with Crippen LogP contribution >= 0.6 is 15.9 Å². The molecule has 6 heteroatoms. The van der Waals surface area contributed by atoms with Crippen molar-refractivity contribution in [2.24, 2.45) is 10.9 Å². The predicted octanol–water partition coefficient (Wildman–Crippen LogP) is 1.75. The number of amidine groups is 1. The minimum absolute atomic E-state index is 0.0418. The van der Waals surface area contributed by atoms with Crippen molar-refractivity contribution in [1.82, 2.24) is 0 Å². The number of oxime groups is 1. The number of anilines is 1. The first-order valence-corrected chi connectivity index (χ1v) is 6.25. The Morgan fingerprint density at radius 1 is 1.50 bits per heavy atom. The Labute approximate surface area is 115 Å². The molecule has 4 N–H and O–H groups in total. The fourth-order valence-corrected chi connectivity index (χ4v) is 2.11. The first kappa shape index (κ1) is 14.8. The van der Waals surface area contributed by atoms with E-state index in [9.17, 15) is 5.11 Å². The molecule has 0 amide bonds. The van der Waals surface area contributed by atoms with Crippen molar-refractivity contribution >= 4 is 27.5 Å². The summed E-state index contributed by atoms with van der Waals surface area (Å²) in [5, 5.41) is 21.6. The van der Waals surface area contributed by atoms with E-state index in [1.54, 1.807) is 19.9 Å². The summed E-state index contributed by atoms with van der Waals surface area (Å²) in [6, 6.07) is 5.43. The van der Waals surface area contributed by atoms with Crippen LogP contribution in [-0.4, -0.2) is 35.3 Å². The number of hydrogen-bond acceptors (Lipinski definition) is 4. The van der Waals surface area contributed by atoms with E-state index < -0.39 is 5.60 Å². The van der Waals surface area contributed by atoms with Crippen molar-refractivity contribution < 1.29 is 10.3 Å². The van der Waals surface area contributed by atoms with Crippen LogP contribution in [0.3, 0.4) is 0 Å². The molecule has 0 aromatic heterocycles. The third-order valence-electron chi connectivity index (χ3n) is 2.38. The van der Waals surface area contributed by atoms with E-state index in [2.05, 4.69) is 21.1 Å². The van der Waals surface area contributed by atoms with Gasteiger partial charge in [-0.2, -0.15) is 0 Å². The fourth-order valence-electron chi connectivity index (χ4n) is 1.76. The average Bonchev–Trinajstić information content (AvgIpc) is 2.25. The van der Waals surface area contributed by atoms with Crippen LogP contribution < -0.4 is 10.6 Å². The van der Waals surface area contributed by atoms with Crippen LogP contribution in [0.5, 0.6) is 0 Å². The maximum atomic E-state index is 9.84. The van der Waals surface area contributed by atoms with E-state index >= 15 is 0 Å². The maximum absolute atomic E-state index is 9.84. The van der Waals surface area contributed by atoms with Crippen molar-refractivity contribution in [2.45, 2.75) is 19.4 Å². The van der Waals surface area contributed by atoms with Gasteiger partial charge in [0.05, 0.1) is 5.60 Å². The maximum Gasteiger partial charge on any atom is 0.172 e. The van der Waals surface area contributed by atoms with Crippen LogP contribution in [0.4, 0.5) is 5.69 Å². The highest BCUT2D eigenvalue weighted by molar-refractivity contribution is 9.10. The van der Waals surface area contributed by atoms with E-state index in [0.717, 1.165) is 10.2 Å². The van der Waals surface area contributed by atoms with Gasteiger partial charge in [-0.05, 0) is 32.0 Å². The molecule has 0 atom stereocenters. The Bertz CT molecular complexity index is 455. The van der Waals surface area contributed by atoms with Gasteiger partial charge < -0.3 is 20.9 Å². The van der Waals surface area contributed by atoms with E-state index in [-0.39, 0.29) is 5.84 Å². The quantitative estimate of drug-likeness (QED) is 0.342. The summed E-state index contributed by atoms with van der Waals surface area (Å²) in [7, 11) is 1.84. The molecule has 0 saturated heterocycles. The van der Waals surface area contributed by atoms with Gasteiger partial charge in [0.15, 0.2) is 5.84 Å². The van der Waals surface area contributed by atoms with Gasteiger partial charge in [-0.25, -0.2) is 0 Å². The van der Waals surface area contributed by atoms with Gasteiger partial charge in [-0.1, -0.05) is 21.1 Å². The highest BCUT2D eigenvalue weighted by Gasteiger charge is 2.19. The van der Waals surface area contributed by atoms with Gasteiger partial charge >= 0.3 is 0 Å². The first-order chi connectivity index (χ1) is 8.24. The van der Waals surface area contributed by atoms with Gasteiger partial charge in [-0.3, -0.25) is 0 Å². The van der Waals surface area contributed by atoms with Gasteiger partial charge in [0.2, 0.25) is 0 Å². The molecular weight excluding hydrogens is 298 g/mol. The molecule has 0 fully saturated rings. The normalized spacial score (nSPS) is 12.6. The molecule has 18 heavy (non-hydrogen) atoms. The smallest absolute Gasteiger partial charge is 0.172 e. The fraction of sp³-hybridized carbons (Fsp3) is 0.417. The van der Waals surface area contributed by atoms with Crippen molar-refractivity contribution in [1.29, 1.82) is 0 Å². The minimum atomic E-state index is -0.834. The largest absolute Gasteiger partial charge is 0.409 e. The molecule has 0 aliphatic rings. The summed E-state index contributed by atoms with van der Waals surface area (Å²) in [6.07, 6.45) is 0. The molecule has 0 unspecified atom stereocenters. The lowest BCUT2D eigenvalue weighted by molar-refractivity contribution is 0.0886. The lowest BCUT2D eigenvalue weighted by Crippen LogP contribution is -2.37. The number of aliphatic hydroxyl groups is 1. The zero-order valence-corrected chi connectivity index (χ0v) is 12.3. The molecule has 0 aliphatic heterocycles. The second kappa shape index (κ2) is 5.58. The lowest BCUT2D eigenvalue weighted by Gasteiger charge is -2.28. The standard InChI is InChI=1S/C12H18BrN3O2/c1-12(2,17)7-16(3)10-6-8(13)4-5-9(10)11(14)15-18/h4-6,17-18H,7H2,1-3H3,(H2,14,15). The highest BCUT2D eigenvalue weighted by atomic mass is 79.9. The zero-order chi connectivity index (χ0) is 13.9. The molecule has 0 bridgehead atoms. The van der Waals surface area contributed by atoms with E-state index in [0.29, 0.717) is 12.1 Å². The van der Waals surface area contributed by atoms with Gasteiger partial charge in [0.25, 0.3) is 0 Å². The van der Waals surface area contributed by atoms with Gasteiger partial charge in [0, 0.05) is 29.3 Å². The number of rotatable bonds is 4. The molecule has 1 aromatic rings. The van der Waals surface area contributed by atoms with Crippen LogP contribution in [0.15, 0.2) is 27.8 Å². The van der Waals surface area contributed by atoms with Gasteiger partial charge in [-0.15, -0.1) is 0 Å². The second-order valence-corrected chi connectivity index (χ2v) is 5.73. The van der Waals surface area contributed by atoms with Crippen molar-refractivity contribution in [2.75, 3.05) is 18.5 Å². The van der Waals surface area contributed by atoms with Crippen LogP contribution in [-0.2, 0) is 0 Å². The van der Waals surface area contributed by atoms with Crippen LogP contribution in [0.1, 0.15) is 19.4 Å². The van der Waals surface area contributed by atoms with Crippen LogP contribution in [0, 0.1) is 0 Å². The summed E-state index contributed by atoms with van der Waals surface area (Å²) in [5.41, 5.74) is 6.21. The lowest BCUT2D eigenvalue weighted by atomic mass is 10.1. The predicted molar refractivity (Wildman–Crippen MR) is 76.2 cm³/mol. The Morgan fingerprint density at radius 2 is 2.11 bits per heavy atom. The molecule has 0 spiro atoms. The average molecular weight is 316 g/mol. The molecule has 0 radical (unpaired) electrons. The topological polar surface area (TPSA) is 82.1 Å². The summed E-state index contributed by atoms with van der Waals surface area (Å²) >= 11 is 3.38. The number of hydrogen-bond donors (Lipinski definition) is 3. The minimum Gasteiger partial charge on any atom is -0.409 e. The van der Waals surface area contributed by atoms with E-state index in [1.165, 1.54) is 0 Å². The van der Waals surface area contributed by atoms with Crippen molar-refractivity contribution in [3.05, 3.63) is 28.2 Å². The molecule has 0 heterocycles. The molecule has 1 aromatic carbocycles. The molecule has 1 rings (SSSR count). The number of benzene rings is 1. The highest BCUT2D eigenvalue weighted by Crippen LogP contribution is 2.25. The molecule has 0 saturated carbocycles. The molecule has 0 aliphatic carbocycles. The van der Waals surface area contributed by atoms with Gasteiger partial charge in [0.1, 0.15) is 0 Å². The third kappa shape index (κ3) is 3.89. The summed E-state index contributed by atoms with van der Waals surface area (Å²) < 4.78 is 0.884. The third-order valence-corrected chi connectivity index (χ3v) is 2.87. The van der Waals surface area contributed by atoms with E-state index in [4.69, 9.17) is 10.9 Å². The van der Waals surface area contributed by atoms with E-state index in [1.807, 2.05) is 24.1 Å². The Balaban J connectivity index is 3.17. The number of nitrogens with zero attached hydrogens (tertiary/aromatic N) is 2. The monoisotopic (exact) mass is 315 g/mol. The Hall–Kier alpha value is -1.27. The van der Waals surface area contributed by atoms with Crippen LogP contribution in [0.25, 0.3) is 0 Å².